The predicted octanol–water partition coefficient (Wildman–Crippen LogP) is 4.33. The molecule has 0 radical (unpaired) electrons. The van der Waals surface area contributed by atoms with Crippen LogP contribution in [0, 0.1) is 5.92 Å². The fraction of sp³-hybridized carbons (Fsp3) is 0.562. The van der Waals surface area contributed by atoms with Crippen molar-refractivity contribution in [3.8, 4) is 5.75 Å². The van der Waals surface area contributed by atoms with Gasteiger partial charge >= 0.3 is 6.03 Å². The smallest absolute Gasteiger partial charge is 0.319 e. The average molecular weight is 633 g/mol. The molecule has 0 bridgehead atoms. The van der Waals surface area contributed by atoms with Gasteiger partial charge in [0.25, 0.3) is 5.91 Å². The van der Waals surface area contributed by atoms with Crippen molar-refractivity contribution in [2.24, 2.45) is 5.92 Å². The molecule has 1 aliphatic heterocycles. The second kappa shape index (κ2) is 16.2. The highest BCUT2D eigenvalue weighted by atomic mass is 32.2. The number of nitrogens with zero attached hydrogens (tertiary/aromatic N) is 2. The summed E-state index contributed by atoms with van der Waals surface area (Å²) in [5.41, 5.74) is 0.677. The SMILES string of the molecule is CC(C)NC(=O)Nc1ccc2c(c1)C(=O)N([C@@H](C)CO)C[C@@H](C)[C@@H](CN(C)S(=O)(=O)c1ccccc1)OCCCC[C@@H](C)O2. The summed E-state index contributed by atoms with van der Waals surface area (Å²) in [7, 11) is -2.23. The first-order valence-electron chi connectivity index (χ1n) is 15.3. The van der Waals surface area contributed by atoms with Crippen molar-refractivity contribution in [2.45, 2.75) is 83.1 Å². The van der Waals surface area contributed by atoms with Crippen LogP contribution in [0.1, 0.15) is 64.2 Å². The molecule has 11 nitrogen and oxygen atoms in total. The highest BCUT2D eigenvalue weighted by molar-refractivity contribution is 7.89. The number of sulfonamides is 1. The minimum absolute atomic E-state index is 0.0719. The fourth-order valence-electron chi connectivity index (χ4n) is 5.02. The highest BCUT2D eigenvalue weighted by Crippen LogP contribution is 2.29. The van der Waals surface area contributed by atoms with Gasteiger partial charge in [-0.2, -0.15) is 4.31 Å². The maximum Gasteiger partial charge on any atom is 0.319 e. The number of anilines is 1. The Hall–Kier alpha value is -3.19. The van der Waals surface area contributed by atoms with Crippen molar-refractivity contribution in [1.82, 2.24) is 14.5 Å². The molecule has 44 heavy (non-hydrogen) atoms. The van der Waals surface area contributed by atoms with Crippen LogP contribution in [0.2, 0.25) is 0 Å². The number of carbonyl (C=O) groups is 2. The molecule has 3 amide bonds. The summed E-state index contributed by atoms with van der Waals surface area (Å²) in [5, 5.41) is 15.7. The van der Waals surface area contributed by atoms with E-state index in [0.29, 0.717) is 24.5 Å². The molecule has 2 aromatic rings. The van der Waals surface area contributed by atoms with Crippen LogP contribution in [-0.2, 0) is 14.8 Å². The molecule has 1 heterocycles. The van der Waals surface area contributed by atoms with Crippen molar-refractivity contribution in [3.63, 3.8) is 0 Å². The van der Waals surface area contributed by atoms with E-state index in [0.717, 1.165) is 12.8 Å². The summed E-state index contributed by atoms with van der Waals surface area (Å²) in [5.74, 6) is -0.293. The molecule has 1 aliphatic rings. The maximum absolute atomic E-state index is 14.2. The number of urea groups is 1. The molecule has 0 aromatic heterocycles. The third-order valence-electron chi connectivity index (χ3n) is 7.62. The van der Waals surface area contributed by atoms with Gasteiger partial charge in [-0.1, -0.05) is 25.1 Å². The largest absolute Gasteiger partial charge is 0.490 e. The molecule has 3 rings (SSSR count). The summed E-state index contributed by atoms with van der Waals surface area (Å²) < 4.78 is 40.4. The number of fused-ring (bicyclic) bond motifs is 1. The Morgan fingerprint density at radius 2 is 1.82 bits per heavy atom. The average Bonchev–Trinajstić information content (AvgIpc) is 2.98. The van der Waals surface area contributed by atoms with Crippen molar-refractivity contribution in [2.75, 3.05) is 38.7 Å². The zero-order valence-electron chi connectivity index (χ0n) is 26.7. The molecule has 3 N–H and O–H groups in total. The van der Waals surface area contributed by atoms with E-state index in [1.165, 1.54) is 11.4 Å². The molecular weight excluding hydrogens is 584 g/mol. The van der Waals surface area contributed by atoms with E-state index in [2.05, 4.69) is 10.6 Å². The number of ether oxygens (including phenoxy) is 2. The molecule has 0 aliphatic carbocycles. The highest BCUT2D eigenvalue weighted by Gasteiger charge is 2.32. The second-order valence-electron chi connectivity index (χ2n) is 11.9. The summed E-state index contributed by atoms with van der Waals surface area (Å²) in [4.78, 5) is 28.4. The van der Waals surface area contributed by atoms with E-state index < -0.39 is 28.2 Å². The number of aliphatic hydroxyl groups excluding tert-OH is 1. The third-order valence-corrected chi connectivity index (χ3v) is 9.46. The fourth-order valence-corrected chi connectivity index (χ4v) is 6.22. The lowest BCUT2D eigenvalue weighted by atomic mass is 10.0. The Morgan fingerprint density at radius 3 is 2.48 bits per heavy atom. The molecule has 0 saturated heterocycles. The van der Waals surface area contributed by atoms with Crippen LogP contribution in [-0.4, -0.2) is 92.3 Å². The number of hydrogen-bond acceptors (Lipinski definition) is 7. The topological polar surface area (TPSA) is 138 Å². The van der Waals surface area contributed by atoms with E-state index in [1.54, 1.807) is 60.4 Å². The van der Waals surface area contributed by atoms with Gasteiger partial charge in [-0.15, -0.1) is 0 Å². The standard InChI is InChI=1S/C32H48N4O7S/c1-22(2)33-32(39)34-26-15-16-29-28(18-26)31(38)36(24(4)21-37)19-23(3)30(42-17-11-10-12-25(5)43-29)20-35(6)44(40,41)27-13-8-7-9-14-27/h7-9,13-16,18,22-25,30,37H,10-12,17,19-21H2,1-6H3,(H2,33,34,39)/t23-,24+,25-,30-/m1/s1. The Kier molecular flexibility index (Phi) is 13.0. The number of rotatable bonds is 8. The molecule has 0 saturated carbocycles. The summed E-state index contributed by atoms with van der Waals surface area (Å²) in [6, 6.07) is 12.2. The maximum atomic E-state index is 14.2. The lowest BCUT2D eigenvalue weighted by Crippen LogP contribution is -2.48. The normalized spacial score (nSPS) is 21.2. The van der Waals surface area contributed by atoms with E-state index in [9.17, 15) is 23.1 Å². The lowest BCUT2D eigenvalue weighted by molar-refractivity contribution is -0.00833. The second-order valence-corrected chi connectivity index (χ2v) is 13.9. The molecule has 244 valence electrons. The number of aliphatic hydroxyl groups is 1. The molecule has 0 spiro atoms. The van der Waals surface area contributed by atoms with E-state index >= 15 is 0 Å². The van der Waals surface area contributed by atoms with E-state index in [1.807, 2.05) is 27.7 Å². The molecular formula is C32H48N4O7S. The summed E-state index contributed by atoms with van der Waals surface area (Å²) in [6.45, 7) is 9.71. The van der Waals surface area contributed by atoms with Gasteiger partial charge in [-0.25, -0.2) is 13.2 Å². The van der Waals surface area contributed by atoms with Crippen molar-refractivity contribution in [1.29, 1.82) is 0 Å². The van der Waals surface area contributed by atoms with Crippen LogP contribution >= 0.6 is 0 Å². The van der Waals surface area contributed by atoms with Crippen LogP contribution in [0.15, 0.2) is 53.4 Å². The van der Waals surface area contributed by atoms with E-state index in [4.69, 9.17) is 9.47 Å². The Bertz CT molecular complexity index is 1340. The molecule has 4 atom stereocenters. The monoisotopic (exact) mass is 632 g/mol. The quantitative estimate of drug-likeness (QED) is 0.394. The third kappa shape index (κ3) is 9.65. The van der Waals surface area contributed by atoms with Gasteiger partial charge in [0.15, 0.2) is 0 Å². The zero-order chi connectivity index (χ0) is 32.4. The summed E-state index contributed by atoms with van der Waals surface area (Å²) >= 11 is 0. The van der Waals surface area contributed by atoms with Crippen molar-refractivity contribution in [3.05, 3.63) is 54.1 Å². The molecule has 0 unspecified atom stereocenters. The van der Waals surface area contributed by atoms with Crippen molar-refractivity contribution < 1.29 is 32.6 Å². The van der Waals surface area contributed by atoms with Crippen LogP contribution in [0.5, 0.6) is 5.75 Å². The van der Waals surface area contributed by atoms with Crippen molar-refractivity contribution >= 4 is 27.6 Å². The number of benzene rings is 2. The summed E-state index contributed by atoms with van der Waals surface area (Å²) in [6.07, 6.45) is 1.55. The lowest BCUT2D eigenvalue weighted by Gasteiger charge is -2.35. The Morgan fingerprint density at radius 1 is 1.11 bits per heavy atom. The van der Waals surface area contributed by atoms with Crippen LogP contribution in [0.4, 0.5) is 10.5 Å². The van der Waals surface area contributed by atoms with Gasteiger partial charge in [0.1, 0.15) is 5.75 Å². The minimum atomic E-state index is -3.76. The van der Waals surface area contributed by atoms with Crippen LogP contribution in [0.25, 0.3) is 0 Å². The van der Waals surface area contributed by atoms with Gasteiger partial charge in [-0.05, 0) is 77.3 Å². The van der Waals surface area contributed by atoms with Crippen LogP contribution < -0.4 is 15.4 Å². The van der Waals surface area contributed by atoms with Gasteiger partial charge in [-0.3, -0.25) is 4.79 Å². The Labute approximate surface area is 262 Å². The first-order chi connectivity index (χ1) is 20.8. The zero-order valence-corrected chi connectivity index (χ0v) is 27.5. The van der Waals surface area contributed by atoms with Gasteiger partial charge in [0, 0.05) is 44.4 Å². The first kappa shape index (κ1) is 35.3. The predicted molar refractivity (Wildman–Crippen MR) is 170 cm³/mol. The van der Waals surface area contributed by atoms with Crippen LogP contribution in [0.3, 0.4) is 0 Å². The van der Waals surface area contributed by atoms with Gasteiger partial charge < -0.3 is 30.1 Å². The number of hydrogen-bond donors (Lipinski definition) is 3. The number of nitrogens with one attached hydrogen (secondary N) is 2. The number of likely N-dealkylation sites (N-methyl/N-ethyl adjacent to an activating group) is 1. The van der Waals surface area contributed by atoms with E-state index in [-0.39, 0.29) is 54.1 Å². The first-order valence-corrected chi connectivity index (χ1v) is 16.7. The molecule has 12 heteroatoms. The Balaban J connectivity index is 1.96. The molecule has 2 aromatic carbocycles. The van der Waals surface area contributed by atoms with Gasteiger partial charge in [0.2, 0.25) is 10.0 Å². The number of amides is 3. The van der Waals surface area contributed by atoms with Gasteiger partial charge in [0.05, 0.1) is 35.3 Å². The molecule has 0 fully saturated rings. The minimum Gasteiger partial charge on any atom is -0.490 e. The number of carbonyl (C=O) groups excluding carboxylic acids is 2.